The highest BCUT2D eigenvalue weighted by molar-refractivity contribution is 5.54. The maximum Gasteiger partial charge on any atom is 0.0397 e. The fraction of sp³-hybridized carbons (Fsp3) is 0.647. The molecule has 0 spiro atoms. The number of rotatable bonds is 5. The van der Waals surface area contributed by atoms with Gasteiger partial charge in [0.25, 0.3) is 0 Å². The summed E-state index contributed by atoms with van der Waals surface area (Å²) >= 11 is 0. The summed E-state index contributed by atoms with van der Waals surface area (Å²) in [7, 11) is 0. The zero-order valence-corrected chi connectivity index (χ0v) is 12.6. The third kappa shape index (κ3) is 3.33. The first-order valence-corrected chi connectivity index (χ1v) is 8.03. The molecule has 1 aromatic carbocycles. The lowest BCUT2D eigenvalue weighted by molar-refractivity contribution is 0.248. The molecule has 0 atom stereocenters. The summed E-state index contributed by atoms with van der Waals surface area (Å²) in [6.45, 7) is 9.08. The monoisotopic (exact) mass is 273 g/mol. The zero-order valence-electron chi connectivity index (χ0n) is 12.6. The predicted octanol–water partition coefficient (Wildman–Crippen LogP) is 2.03. The normalized spacial score (nSPS) is 20.4. The van der Waals surface area contributed by atoms with Gasteiger partial charge < -0.3 is 10.6 Å². The Balaban J connectivity index is 1.59. The molecule has 3 heteroatoms. The molecule has 20 heavy (non-hydrogen) atoms. The number of nitrogens with zero attached hydrogens (tertiary/aromatic N) is 2. The molecule has 1 saturated carbocycles. The van der Waals surface area contributed by atoms with Gasteiger partial charge in [0.15, 0.2) is 0 Å². The third-order valence-electron chi connectivity index (χ3n) is 4.62. The molecule has 1 aliphatic heterocycles. The Morgan fingerprint density at radius 1 is 1.15 bits per heavy atom. The minimum Gasteiger partial charge on any atom is -0.369 e. The van der Waals surface area contributed by atoms with E-state index in [1.54, 1.807) is 0 Å². The highest BCUT2D eigenvalue weighted by Crippen LogP contribution is 2.30. The lowest BCUT2D eigenvalue weighted by Crippen LogP contribution is -2.47. The van der Waals surface area contributed by atoms with Gasteiger partial charge in [-0.1, -0.05) is 12.1 Å². The Kier molecular flexibility index (Phi) is 4.27. The van der Waals surface area contributed by atoms with E-state index >= 15 is 0 Å². The molecule has 0 amide bonds. The molecule has 110 valence electrons. The van der Waals surface area contributed by atoms with Crippen LogP contribution in [0.5, 0.6) is 0 Å². The number of aryl methyl sites for hydroxylation is 1. The summed E-state index contributed by atoms with van der Waals surface area (Å²) in [6, 6.07) is 6.83. The summed E-state index contributed by atoms with van der Waals surface area (Å²) in [6.07, 6.45) is 3.90. The Morgan fingerprint density at radius 2 is 1.90 bits per heavy atom. The number of hydrogen-bond donors (Lipinski definition) is 1. The van der Waals surface area contributed by atoms with Gasteiger partial charge in [0, 0.05) is 38.4 Å². The molecule has 3 rings (SSSR count). The summed E-state index contributed by atoms with van der Waals surface area (Å²) in [5, 5.41) is 0. The summed E-state index contributed by atoms with van der Waals surface area (Å²) in [5.74, 6) is 1.01. The smallest absolute Gasteiger partial charge is 0.0397 e. The second-order valence-corrected chi connectivity index (χ2v) is 6.39. The van der Waals surface area contributed by atoms with Crippen LogP contribution in [0.1, 0.15) is 24.0 Å². The Hall–Kier alpha value is -1.06. The molecular weight excluding hydrogens is 246 g/mol. The van der Waals surface area contributed by atoms with Crippen LogP contribution in [0.3, 0.4) is 0 Å². The van der Waals surface area contributed by atoms with E-state index in [9.17, 15) is 0 Å². The predicted molar refractivity (Wildman–Crippen MR) is 85.3 cm³/mol. The summed E-state index contributed by atoms with van der Waals surface area (Å²) < 4.78 is 0. The summed E-state index contributed by atoms with van der Waals surface area (Å²) in [4.78, 5) is 5.19. The van der Waals surface area contributed by atoms with Gasteiger partial charge in [-0.15, -0.1) is 0 Å². The third-order valence-corrected chi connectivity index (χ3v) is 4.62. The minimum atomic E-state index is 0.735. The average molecular weight is 273 g/mol. The fourth-order valence-electron chi connectivity index (χ4n) is 3.23. The average Bonchev–Trinajstić information content (AvgIpc) is 3.25. The van der Waals surface area contributed by atoms with Gasteiger partial charge in [0.1, 0.15) is 0 Å². The molecule has 1 saturated heterocycles. The van der Waals surface area contributed by atoms with Crippen LogP contribution in [-0.4, -0.2) is 44.2 Å². The topological polar surface area (TPSA) is 32.5 Å². The zero-order chi connectivity index (χ0) is 13.9. The first kappa shape index (κ1) is 13.9. The van der Waals surface area contributed by atoms with Crippen LogP contribution < -0.4 is 10.6 Å². The molecule has 2 fully saturated rings. The van der Waals surface area contributed by atoms with Crippen molar-refractivity contribution in [3.05, 3.63) is 29.3 Å². The molecule has 0 radical (unpaired) electrons. The first-order chi connectivity index (χ1) is 9.76. The molecular formula is C17H27N3. The molecule has 1 aromatic rings. The van der Waals surface area contributed by atoms with Crippen LogP contribution in [-0.2, 0) is 6.42 Å². The Morgan fingerprint density at radius 3 is 2.50 bits per heavy atom. The van der Waals surface area contributed by atoms with E-state index in [1.807, 2.05) is 0 Å². The van der Waals surface area contributed by atoms with Gasteiger partial charge >= 0.3 is 0 Å². The van der Waals surface area contributed by atoms with Crippen molar-refractivity contribution in [3.63, 3.8) is 0 Å². The molecule has 0 aromatic heterocycles. The number of anilines is 1. The van der Waals surface area contributed by atoms with Crippen LogP contribution in [0, 0.1) is 12.8 Å². The molecule has 0 bridgehead atoms. The molecule has 2 aliphatic rings. The van der Waals surface area contributed by atoms with E-state index in [1.165, 1.54) is 62.4 Å². The van der Waals surface area contributed by atoms with Crippen molar-refractivity contribution in [1.82, 2.24) is 4.90 Å². The lowest BCUT2D eigenvalue weighted by atomic mass is 10.1. The number of piperazine rings is 1. The van der Waals surface area contributed by atoms with Crippen LogP contribution in [0.2, 0.25) is 0 Å². The van der Waals surface area contributed by atoms with Crippen LogP contribution in [0.4, 0.5) is 5.69 Å². The minimum absolute atomic E-state index is 0.735. The van der Waals surface area contributed by atoms with Gasteiger partial charge in [-0.3, -0.25) is 4.90 Å². The highest BCUT2D eigenvalue weighted by atomic mass is 15.3. The van der Waals surface area contributed by atoms with Crippen LogP contribution >= 0.6 is 0 Å². The van der Waals surface area contributed by atoms with E-state index in [0.717, 1.165) is 18.9 Å². The maximum atomic E-state index is 5.64. The van der Waals surface area contributed by atoms with Gasteiger partial charge in [-0.05, 0) is 55.8 Å². The Bertz CT molecular complexity index is 446. The van der Waals surface area contributed by atoms with E-state index < -0.39 is 0 Å². The standard InChI is InChI=1S/C17H27N3/c1-14-12-15(6-7-18)4-5-17(14)20-10-8-19(9-11-20)13-16-2-3-16/h4-5,12,16H,2-3,6-11,13,18H2,1H3. The number of benzene rings is 1. The van der Waals surface area contributed by atoms with Gasteiger partial charge in [-0.2, -0.15) is 0 Å². The Labute approximate surface area is 122 Å². The molecule has 3 nitrogen and oxygen atoms in total. The first-order valence-electron chi connectivity index (χ1n) is 8.03. The van der Waals surface area contributed by atoms with Crippen molar-refractivity contribution >= 4 is 5.69 Å². The molecule has 2 N–H and O–H groups in total. The number of hydrogen-bond acceptors (Lipinski definition) is 3. The SMILES string of the molecule is Cc1cc(CCN)ccc1N1CCN(CC2CC2)CC1. The van der Waals surface area contributed by atoms with E-state index in [-0.39, 0.29) is 0 Å². The van der Waals surface area contributed by atoms with E-state index in [2.05, 4.69) is 34.9 Å². The van der Waals surface area contributed by atoms with Crippen molar-refractivity contribution in [2.45, 2.75) is 26.2 Å². The second-order valence-electron chi connectivity index (χ2n) is 6.39. The van der Waals surface area contributed by atoms with E-state index in [0.29, 0.717) is 0 Å². The van der Waals surface area contributed by atoms with Gasteiger partial charge in [-0.25, -0.2) is 0 Å². The largest absolute Gasteiger partial charge is 0.369 e. The summed E-state index contributed by atoms with van der Waals surface area (Å²) in [5.41, 5.74) is 9.81. The van der Waals surface area contributed by atoms with Crippen molar-refractivity contribution in [2.75, 3.05) is 44.2 Å². The highest BCUT2D eigenvalue weighted by Gasteiger charge is 2.26. The van der Waals surface area contributed by atoms with Crippen molar-refractivity contribution in [1.29, 1.82) is 0 Å². The van der Waals surface area contributed by atoms with Crippen molar-refractivity contribution in [3.8, 4) is 0 Å². The second kappa shape index (κ2) is 6.15. The lowest BCUT2D eigenvalue weighted by Gasteiger charge is -2.37. The van der Waals surface area contributed by atoms with Gasteiger partial charge in [0.2, 0.25) is 0 Å². The maximum absolute atomic E-state index is 5.64. The quantitative estimate of drug-likeness (QED) is 0.891. The van der Waals surface area contributed by atoms with Crippen molar-refractivity contribution in [2.24, 2.45) is 11.7 Å². The van der Waals surface area contributed by atoms with Crippen LogP contribution in [0.25, 0.3) is 0 Å². The molecule has 1 aliphatic carbocycles. The fourth-order valence-corrected chi connectivity index (χ4v) is 3.23. The molecule has 0 unspecified atom stereocenters. The van der Waals surface area contributed by atoms with Crippen molar-refractivity contribution < 1.29 is 0 Å². The van der Waals surface area contributed by atoms with E-state index in [4.69, 9.17) is 5.73 Å². The van der Waals surface area contributed by atoms with Crippen LogP contribution in [0.15, 0.2) is 18.2 Å². The van der Waals surface area contributed by atoms with Gasteiger partial charge in [0.05, 0.1) is 0 Å². The molecule has 1 heterocycles. The number of nitrogens with two attached hydrogens (primary N) is 1.